The number of carbonyl (C=O) groups is 1. The van der Waals surface area contributed by atoms with Gasteiger partial charge in [0.1, 0.15) is 13.2 Å². The van der Waals surface area contributed by atoms with Crippen LogP contribution in [-0.2, 0) is 12.1 Å². The zero-order valence-electron chi connectivity index (χ0n) is 16.6. The van der Waals surface area contributed by atoms with E-state index in [4.69, 9.17) is 9.47 Å². The van der Waals surface area contributed by atoms with Crippen molar-refractivity contribution in [2.45, 2.75) is 24.9 Å². The van der Waals surface area contributed by atoms with E-state index < -0.39 is 0 Å². The van der Waals surface area contributed by atoms with Gasteiger partial charge in [-0.3, -0.25) is 4.90 Å². The lowest BCUT2D eigenvalue weighted by Crippen LogP contribution is -2.53. The summed E-state index contributed by atoms with van der Waals surface area (Å²) in [6.07, 6.45) is 1.93. The van der Waals surface area contributed by atoms with E-state index in [1.165, 1.54) is 5.56 Å². The lowest BCUT2D eigenvalue weighted by atomic mass is 10.0. The summed E-state index contributed by atoms with van der Waals surface area (Å²) in [7, 11) is 0. The number of benzene rings is 2. The predicted octanol–water partition coefficient (Wildman–Crippen LogP) is 2.97. The van der Waals surface area contributed by atoms with Crippen molar-refractivity contribution >= 4 is 6.03 Å². The molecule has 5 rings (SSSR count). The lowest BCUT2D eigenvalue weighted by molar-refractivity contribution is 0.132. The third kappa shape index (κ3) is 3.90. The number of nitrogens with one attached hydrogen (secondary N) is 1. The molecule has 2 heterocycles. The molecule has 1 N–H and O–H groups in total. The first-order valence-corrected chi connectivity index (χ1v) is 10.5. The van der Waals surface area contributed by atoms with E-state index >= 15 is 0 Å². The van der Waals surface area contributed by atoms with Gasteiger partial charge in [-0.1, -0.05) is 36.4 Å². The fraction of sp³-hybridized carbons (Fsp3) is 0.435. The summed E-state index contributed by atoms with van der Waals surface area (Å²) in [5, 5.41) is 3.30. The summed E-state index contributed by atoms with van der Waals surface area (Å²) < 4.78 is 11.3. The molecular weight excluding hydrogens is 366 g/mol. The minimum Gasteiger partial charge on any atom is -0.486 e. The Morgan fingerprint density at radius 1 is 0.931 bits per heavy atom. The topological polar surface area (TPSA) is 54.0 Å². The van der Waals surface area contributed by atoms with Crippen LogP contribution in [0.15, 0.2) is 48.5 Å². The Labute approximate surface area is 171 Å². The van der Waals surface area contributed by atoms with Crippen molar-refractivity contribution in [3.05, 3.63) is 59.7 Å². The molecule has 2 aliphatic heterocycles. The van der Waals surface area contributed by atoms with E-state index in [9.17, 15) is 4.79 Å². The molecule has 6 heteroatoms. The van der Waals surface area contributed by atoms with Crippen molar-refractivity contribution < 1.29 is 14.3 Å². The van der Waals surface area contributed by atoms with Crippen molar-refractivity contribution in [2.75, 3.05) is 39.4 Å². The number of urea groups is 1. The first-order chi connectivity index (χ1) is 14.2. The first-order valence-electron chi connectivity index (χ1n) is 10.5. The normalized spacial score (nSPS) is 20.2. The number of nitrogens with zero attached hydrogens (tertiary/aromatic N) is 2. The molecule has 6 nitrogen and oxygen atoms in total. The molecule has 0 radical (unpaired) electrons. The smallest absolute Gasteiger partial charge is 0.318 e. The van der Waals surface area contributed by atoms with Gasteiger partial charge < -0.3 is 19.7 Å². The highest BCUT2D eigenvalue weighted by molar-refractivity contribution is 5.76. The molecule has 29 heavy (non-hydrogen) atoms. The van der Waals surface area contributed by atoms with Crippen molar-refractivity contribution in [2.24, 2.45) is 0 Å². The fourth-order valence-electron chi connectivity index (χ4n) is 4.19. The van der Waals surface area contributed by atoms with Crippen molar-refractivity contribution in [1.29, 1.82) is 0 Å². The fourth-order valence-corrected chi connectivity index (χ4v) is 4.19. The van der Waals surface area contributed by atoms with Crippen LogP contribution >= 0.6 is 0 Å². The average molecular weight is 393 g/mol. The van der Waals surface area contributed by atoms with E-state index in [1.54, 1.807) is 0 Å². The number of piperazine rings is 1. The molecule has 0 bridgehead atoms. The zero-order valence-corrected chi connectivity index (χ0v) is 16.6. The van der Waals surface area contributed by atoms with Crippen LogP contribution in [0.3, 0.4) is 0 Å². The number of fused-ring (bicyclic) bond motifs is 1. The second-order valence-corrected chi connectivity index (χ2v) is 8.12. The first kappa shape index (κ1) is 18.3. The maximum absolute atomic E-state index is 12.9. The molecule has 1 saturated heterocycles. The summed E-state index contributed by atoms with van der Waals surface area (Å²) >= 11 is 0. The molecule has 152 valence electrons. The number of hydrogen-bond acceptors (Lipinski definition) is 4. The molecule has 0 atom stereocenters. The number of carbonyl (C=O) groups excluding carboxylic acids is 1. The van der Waals surface area contributed by atoms with Crippen LogP contribution in [0.25, 0.3) is 0 Å². The molecule has 2 fully saturated rings. The number of amides is 2. The van der Waals surface area contributed by atoms with Crippen LogP contribution in [0, 0.1) is 0 Å². The lowest BCUT2D eigenvalue weighted by Gasteiger charge is -2.35. The van der Waals surface area contributed by atoms with E-state index in [0.29, 0.717) is 13.2 Å². The maximum atomic E-state index is 12.9. The van der Waals surface area contributed by atoms with Gasteiger partial charge >= 0.3 is 6.03 Å². The Hall–Kier alpha value is -2.73. The number of hydrogen-bond donors (Lipinski definition) is 1. The molecule has 2 aromatic rings. The van der Waals surface area contributed by atoms with E-state index in [0.717, 1.165) is 62.6 Å². The predicted molar refractivity (Wildman–Crippen MR) is 110 cm³/mol. The highest BCUT2D eigenvalue weighted by Crippen LogP contribution is 2.48. The quantitative estimate of drug-likeness (QED) is 0.868. The largest absolute Gasteiger partial charge is 0.486 e. The highest BCUT2D eigenvalue weighted by atomic mass is 16.6. The van der Waals surface area contributed by atoms with E-state index in [1.807, 2.05) is 23.1 Å². The molecule has 0 spiro atoms. The second-order valence-electron chi connectivity index (χ2n) is 8.12. The highest BCUT2D eigenvalue weighted by Gasteiger charge is 2.47. The zero-order chi connectivity index (χ0) is 19.7. The van der Waals surface area contributed by atoms with Gasteiger partial charge in [0.05, 0.1) is 5.54 Å². The Balaban J connectivity index is 1.18. The molecule has 1 saturated carbocycles. The SMILES string of the molecule is O=C(NC1(c2ccc3c(c2)OCCO3)CC1)N1CCN(Cc2ccccc2)CC1. The Kier molecular flexibility index (Phi) is 4.79. The van der Waals surface area contributed by atoms with Crippen LogP contribution in [0.1, 0.15) is 24.0 Å². The molecule has 1 aliphatic carbocycles. The van der Waals surface area contributed by atoms with E-state index in [2.05, 4.69) is 40.5 Å². The minimum absolute atomic E-state index is 0.0387. The Morgan fingerprint density at radius 2 is 1.66 bits per heavy atom. The van der Waals surface area contributed by atoms with Gasteiger partial charge in [-0.05, 0) is 36.1 Å². The third-order valence-electron chi connectivity index (χ3n) is 6.10. The molecule has 3 aliphatic rings. The Bertz CT molecular complexity index is 874. The number of rotatable bonds is 4. The van der Waals surface area contributed by atoms with Gasteiger partial charge in [-0.15, -0.1) is 0 Å². The molecule has 0 unspecified atom stereocenters. The van der Waals surface area contributed by atoms with Gasteiger partial charge in [0.2, 0.25) is 0 Å². The van der Waals surface area contributed by atoms with E-state index in [-0.39, 0.29) is 11.6 Å². The van der Waals surface area contributed by atoms with Gasteiger partial charge in [-0.25, -0.2) is 4.79 Å². The standard InChI is InChI=1S/C23H27N3O3/c27-22(26-12-10-25(11-13-26)17-18-4-2-1-3-5-18)24-23(8-9-23)19-6-7-20-21(16-19)29-15-14-28-20/h1-7,16H,8-15,17H2,(H,24,27). The van der Waals surface area contributed by atoms with Crippen LogP contribution in [0.5, 0.6) is 11.5 Å². The van der Waals surface area contributed by atoms with Crippen LogP contribution in [0.4, 0.5) is 4.79 Å². The third-order valence-corrected chi connectivity index (χ3v) is 6.10. The van der Waals surface area contributed by atoms with Crippen LogP contribution in [-0.4, -0.2) is 55.2 Å². The summed E-state index contributed by atoms with van der Waals surface area (Å²) in [5.74, 6) is 1.57. The van der Waals surface area contributed by atoms with Gasteiger partial charge in [-0.2, -0.15) is 0 Å². The maximum Gasteiger partial charge on any atom is 0.318 e. The average Bonchev–Trinajstić information content (AvgIpc) is 3.55. The van der Waals surface area contributed by atoms with Crippen LogP contribution in [0.2, 0.25) is 0 Å². The molecule has 2 amide bonds. The molecular formula is C23H27N3O3. The minimum atomic E-state index is -0.256. The second kappa shape index (κ2) is 7.59. The monoisotopic (exact) mass is 393 g/mol. The van der Waals surface area contributed by atoms with Gasteiger partial charge in [0.15, 0.2) is 11.5 Å². The summed E-state index contributed by atoms with van der Waals surface area (Å²) in [6, 6.07) is 16.6. The van der Waals surface area contributed by atoms with Gasteiger partial charge in [0.25, 0.3) is 0 Å². The van der Waals surface area contributed by atoms with Crippen molar-refractivity contribution in [3.8, 4) is 11.5 Å². The van der Waals surface area contributed by atoms with Crippen LogP contribution < -0.4 is 14.8 Å². The van der Waals surface area contributed by atoms with Crippen molar-refractivity contribution in [3.63, 3.8) is 0 Å². The summed E-state index contributed by atoms with van der Waals surface area (Å²) in [5.41, 5.74) is 2.17. The summed E-state index contributed by atoms with van der Waals surface area (Å²) in [4.78, 5) is 17.3. The molecule has 0 aromatic heterocycles. The van der Waals surface area contributed by atoms with Crippen molar-refractivity contribution in [1.82, 2.24) is 15.1 Å². The molecule has 2 aromatic carbocycles. The van der Waals surface area contributed by atoms with Gasteiger partial charge in [0, 0.05) is 32.7 Å². The number of ether oxygens (including phenoxy) is 2. The Morgan fingerprint density at radius 3 is 2.38 bits per heavy atom. The summed E-state index contributed by atoms with van der Waals surface area (Å²) in [6.45, 7) is 5.43.